The summed E-state index contributed by atoms with van der Waals surface area (Å²) in [7, 11) is 0. The number of benzene rings is 1. The Morgan fingerprint density at radius 1 is 1.12 bits per heavy atom. The first-order chi connectivity index (χ1) is 12.0. The molecule has 0 radical (unpaired) electrons. The van der Waals surface area contributed by atoms with E-state index in [4.69, 9.17) is 27.9 Å². The van der Waals surface area contributed by atoms with Gasteiger partial charge < -0.3 is 4.74 Å². The summed E-state index contributed by atoms with van der Waals surface area (Å²) >= 11 is 11.2. The van der Waals surface area contributed by atoms with Crippen LogP contribution in [0.1, 0.15) is 25.0 Å². The van der Waals surface area contributed by atoms with Crippen LogP contribution >= 0.6 is 23.2 Å². The Bertz CT molecular complexity index is 757. The standard InChI is InChI=1S/C18H16Cl2F4O2/c1-4-5-8-13(21)15(23)9(16(24)14(8)22)7-26-17(25)12-10(6-11(19)20)18(12,2)3/h4,6,10,12H,1,5,7H2,2-3H3. The lowest BCUT2D eigenvalue weighted by atomic mass is 10.1. The molecule has 0 amide bonds. The lowest BCUT2D eigenvalue weighted by molar-refractivity contribution is -0.147. The topological polar surface area (TPSA) is 26.3 Å². The number of rotatable bonds is 6. The van der Waals surface area contributed by atoms with E-state index in [0.29, 0.717) is 0 Å². The Labute approximate surface area is 158 Å². The van der Waals surface area contributed by atoms with E-state index in [2.05, 4.69) is 6.58 Å². The molecule has 0 spiro atoms. The second-order valence-corrected chi connectivity index (χ2v) is 7.60. The first kappa shape index (κ1) is 20.8. The molecule has 0 aliphatic heterocycles. The predicted molar refractivity (Wildman–Crippen MR) is 90.5 cm³/mol. The molecule has 0 N–H and O–H groups in total. The second kappa shape index (κ2) is 7.61. The van der Waals surface area contributed by atoms with Crippen molar-refractivity contribution in [3.8, 4) is 0 Å². The molecule has 1 fully saturated rings. The van der Waals surface area contributed by atoms with Crippen molar-refractivity contribution in [1.82, 2.24) is 0 Å². The minimum absolute atomic E-state index is 0.0163. The van der Waals surface area contributed by atoms with E-state index in [9.17, 15) is 22.4 Å². The van der Waals surface area contributed by atoms with E-state index in [0.717, 1.165) is 6.08 Å². The highest BCUT2D eigenvalue weighted by Crippen LogP contribution is 2.60. The number of ether oxygens (including phenoxy) is 1. The van der Waals surface area contributed by atoms with Crippen molar-refractivity contribution in [3.63, 3.8) is 0 Å². The summed E-state index contributed by atoms with van der Waals surface area (Å²) in [6.07, 6.45) is 2.21. The quantitative estimate of drug-likeness (QED) is 0.264. The van der Waals surface area contributed by atoms with Gasteiger partial charge in [-0.2, -0.15) is 0 Å². The maximum atomic E-state index is 14.0. The SMILES string of the molecule is C=CCc1c(F)c(F)c(COC(=O)C2C(C=C(Cl)Cl)C2(C)C)c(F)c1F. The van der Waals surface area contributed by atoms with Gasteiger partial charge in [0.05, 0.1) is 11.5 Å². The van der Waals surface area contributed by atoms with Gasteiger partial charge in [0.15, 0.2) is 23.3 Å². The maximum absolute atomic E-state index is 14.0. The first-order valence-corrected chi connectivity index (χ1v) is 8.43. The summed E-state index contributed by atoms with van der Waals surface area (Å²) in [6, 6.07) is 0. The van der Waals surface area contributed by atoms with E-state index in [-0.39, 0.29) is 16.8 Å². The molecule has 1 aliphatic carbocycles. The van der Waals surface area contributed by atoms with Gasteiger partial charge in [-0.3, -0.25) is 4.79 Å². The average Bonchev–Trinajstić information content (AvgIpc) is 3.09. The fourth-order valence-electron chi connectivity index (χ4n) is 2.98. The molecule has 2 atom stereocenters. The van der Waals surface area contributed by atoms with Crippen LogP contribution in [0.5, 0.6) is 0 Å². The number of carbonyl (C=O) groups excluding carboxylic acids is 1. The third kappa shape index (κ3) is 3.76. The molecule has 0 bridgehead atoms. The molecule has 0 saturated heterocycles. The van der Waals surface area contributed by atoms with E-state index in [1.165, 1.54) is 6.08 Å². The minimum Gasteiger partial charge on any atom is -0.460 e. The molecule has 2 rings (SSSR count). The largest absolute Gasteiger partial charge is 0.460 e. The number of carbonyl (C=O) groups is 1. The lowest BCUT2D eigenvalue weighted by Gasteiger charge is -2.12. The Kier molecular flexibility index (Phi) is 6.08. The summed E-state index contributed by atoms with van der Waals surface area (Å²) in [6.45, 7) is 5.87. The van der Waals surface area contributed by atoms with Gasteiger partial charge in [-0.25, -0.2) is 17.6 Å². The molecule has 26 heavy (non-hydrogen) atoms. The molecule has 1 aromatic rings. The lowest BCUT2D eigenvalue weighted by Crippen LogP contribution is -2.14. The summed E-state index contributed by atoms with van der Waals surface area (Å²) in [5.41, 5.74) is -2.26. The van der Waals surface area contributed by atoms with Gasteiger partial charge in [0.2, 0.25) is 0 Å². The Balaban J connectivity index is 2.19. The normalized spacial score (nSPS) is 20.5. The summed E-state index contributed by atoms with van der Waals surface area (Å²) in [5, 5.41) is 0. The molecule has 0 heterocycles. The number of halogens is 6. The van der Waals surface area contributed by atoms with E-state index < -0.39 is 58.3 Å². The molecule has 142 valence electrons. The number of hydrogen-bond donors (Lipinski definition) is 0. The van der Waals surface area contributed by atoms with Gasteiger partial charge >= 0.3 is 5.97 Å². The Morgan fingerprint density at radius 2 is 1.62 bits per heavy atom. The smallest absolute Gasteiger partial charge is 0.310 e. The van der Waals surface area contributed by atoms with Gasteiger partial charge in [-0.1, -0.05) is 43.1 Å². The van der Waals surface area contributed by atoms with Crippen molar-refractivity contribution in [2.24, 2.45) is 17.3 Å². The van der Waals surface area contributed by atoms with Crippen molar-refractivity contribution < 1.29 is 27.1 Å². The number of allylic oxidation sites excluding steroid dienone is 2. The maximum Gasteiger partial charge on any atom is 0.310 e. The van der Waals surface area contributed by atoms with Crippen LogP contribution < -0.4 is 0 Å². The highest BCUT2D eigenvalue weighted by atomic mass is 35.5. The molecule has 1 saturated carbocycles. The summed E-state index contributed by atoms with van der Waals surface area (Å²) < 4.78 is 60.8. The van der Waals surface area contributed by atoms with Crippen LogP contribution in [0.25, 0.3) is 0 Å². The molecule has 0 aromatic heterocycles. The van der Waals surface area contributed by atoms with Crippen LogP contribution in [0.2, 0.25) is 0 Å². The summed E-state index contributed by atoms with van der Waals surface area (Å²) in [4.78, 5) is 12.2. The van der Waals surface area contributed by atoms with Gasteiger partial charge in [0.25, 0.3) is 0 Å². The van der Waals surface area contributed by atoms with Crippen molar-refractivity contribution in [2.45, 2.75) is 26.9 Å². The van der Waals surface area contributed by atoms with Gasteiger partial charge in [-0.05, 0) is 23.8 Å². The van der Waals surface area contributed by atoms with Crippen LogP contribution in [-0.2, 0) is 22.6 Å². The highest BCUT2D eigenvalue weighted by molar-refractivity contribution is 6.55. The molecule has 2 unspecified atom stereocenters. The highest BCUT2D eigenvalue weighted by Gasteiger charge is 2.61. The molecule has 2 nitrogen and oxygen atoms in total. The third-order valence-corrected chi connectivity index (χ3v) is 4.87. The number of esters is 1. The van der Waals surface area contributed by atoms with E-state index in [1.54, 1.807) is 13.8 Å². The summed E-state index contributed by atoms with van der Waals surface area (Å²) in [5.74, 6) is -7.95. The zero-order valence-corrected chi connectivity index (χ0v) is 15.5. The van der Waals surface area contributed by atoms with Crippen LogP contribution in [0.15, 0.2) is 23.2 Å². The molecular weight excluding hydrogens is 395 g/mol. The Hall–Kier alpha value is -1.53. The van der Waals surface area contributed by atoms with Gasteiger partial charge in [0, 0.05) is 5.56 Å². The second-order valence-electron chi connectivity index (χ2n) is 6.59. The third-order valence-electron chi connectivity index (χ3n) is 4.62. The Morgan fingerprint density at radius 3 is 2.08 bits per heavy atom. The van der Waals surface area contributed by atoms with E-state index >= 15 is 0 Å². The van der Waals surface area contributed by atoms with Crippen LogP contribution in [0.4, 0.5) is 17.6 Å². The molecule has 1 aliphatic rings. The zero-order valence-electron chi connectivity index (χ0n) is 14.0. The van der Waals surface area contributed by atoms with Crippen LogP contribution in [0.3, 0.4) is 0 Å². The van der Waals surface area contributed by atoms with Crippen molar-refractivity contribution in [3.05, 3.63) is 57.6 Å². The zero-order chi connectivity index (χ0) is 19.8. The van der Waals surface area contributed by atoms with Crippen LogP contribution in [-0.4, -0.2) is 5.97 Å². The molecular formula is C18H16Cl2F4O2. The monoisotopic (exact) mass is 410 g/mol. The van der Waals surface area contributed by atoms with Gasteiger partial charge in [0.1, 0.15) is 11.1 Å². The molecule has 1 aromatic carbocycles. The minimum atomic E-state index is -1.59. The molecule has 8 heteroatoms. The van der Waals surface area contributed by atoms with Crippen molar-refractivity contribution in [1.29, 1.82) is 0 Å². The van der Waals surface area contributed by atoms with E-state index in [1.807, 2.05) is 0 Å². The fourth-order valence-corrected chi connectivity index (χ4v) is 3.25. The van der Waals surface area contributed by atoms with Crippen molar-refractivity contribution in [2.75, 3.05) is 0 Å². The van der Waals surface area contributed by atoms with Crippen molar-refractivity contribution >= 4 is 29.2 Å². The average molecular weight is 411 g/mol. The fraction of sp³-hybridized carbons (Fsp3) is 0.389. The predicted octanol–water partition coefficient (Wildman–Crippen LogP) is 5.61. The number of hydrogen-bond acceptors (Lipinski definition) is 2. The van der Waals surface area contributed by atoms with Crippen LogP contribution in [0, 0.1) is 40.5 Å². The van der Waals surface area contributed by atoms with Gasteiger partial charge in [-0.15, -0.1) is 6.58 Å². The first-order valence-electron chi connectivity index (χ1n) is 7.68.